The van der Waals surface area contributed by atoms with Crippen molar-refractivity contribution in [2.45, 2.75) is 6.42 Å². The van der Waals surface area contributed by atoms with Crippen LogP contribution in [0.5, 0.6) is 0 Å². The van der Waals surface area contributed by atoms with Gasteiger partial charge in [-0.2, -0.15) is 0 Å². The Morgan fingerprint density at radius 3 is 2.62 bits per heavy atom. The molecule has 0 aromatic carbocycles. The Morgan fingerprint density at radius 1 is 1.31 bits per heavy atom. The summed E-state index contributed by atoms with van der Waals surface area (Å²) in [5.41, 5.74) is 0. The fraction of sp³-hybridized carbons (Fsp3) is 0.857. The summed E-state index contributed by atoms with van der Waals surface area (Å²) in [6, 6.07) is 0. The first kappa shape index (κ1) is 11.0. The lowest BCUT2D eigenvalue weighted by Gasteiger charge is -2.17. The van der Waals surface area contributed by atoms with Crippen molar-refractivity contribution in [2.75, 3.05) is 29.9 Å². The summed E-state index contributed by atoms with van der Waals surface area (Å²) in [6.45, 7) is 0.899. The van der Waals surface area contributed by atoms with E-state index >= 15 is 0 Å². The Labute approximate surface area is 86.3 Å². The van der Waals surface area contributed by atoms with Crippen LogP contribution in [-0.2, 0) is 14.6 Å². The maximum Gasteiger partial charge on any atom is 0.233 e. The first-order valence-corrected chi connectivity index (χ1v) is 7.03. The number of rotatable bonds is 1. The van der Waals surface area contributed by atoms with Crippen molar-refractivity contribution < 1.29 is 13.2 Å². The quantitative estimate of drug-likeness (QED) is 0.632. The second-order valence-electron chi connectivity index (χ2n) is 3.02. The largest absolute Gasteiger partial charge is 0.341 e. The van der Waals surface area contributed by atoms with Gasteiger partial charge in [0.15, 0.2) is 9.84 Å². The van der Waals surface area contributed by atoms with Crippen molar-refractivity contribution >= 4 is 31.7 Å². The molecule has 0 spiro atoms. The summed E-state index contributed by atoms with van der Waals surface area (Å²) < 4.78 is 22.4. The lowest BCUT2D eigenvalue weighted by atomic mass is 10.4. The molecule has 1 fully saturated rings. The van der Waals surface area contributed by atoms with Crippen LogP contribution in [0.15, 0.2) is 0 Å². The highest BCUT2D eigenvalue weighted by molar-refractivity contribution is 9.09. The van der Waals surface area contributed by atoms with Crippen LogP contribution in [0.4, 0.5) is 0 Å². The van der Waals surface area contributed by atoms with E-state index in [2.05, 4.69) is 15.9 Å². The number of hydrogen-bond acceptors (Lipinski definition) is 3. The smallest absolute Gasteiger partial charge is 0.233 e. The molecule has 76 valence electrons. The van der Waals surface area contributed by atoms with Crippen LogP contribution in [0.1, 0.15) is 6.42 Å². The predicted octanol–water partition coefficient (Wildman–Crippen LogP) is 0.0284. The monoisotopic (exact) mass is 269 g/mol. The third-order valence-corrected chi connectivity index (χ3v) is 4.22. The molecule has 1 saturated heterocycles. The van der Waals surface area contributed by atoms with Gasteiger partial charge in [0.1, 0.15) is 0 Å². The Balaban J connectivity index is 2.60. The molecule has 0 bridgehead atoms. The maximum atomic E-state index is 11.2. The summed E-state index contributed by atoms with van der Waals surface area (Å²) in [6.07, 6.45) is 0.557. The van der Waals surface area contributed by atoms with Crippen LogP contribution in [0, 0.1) is 0 Å². The molecular formula is C7H12BrNO3S. The van der Waals surface area contributed by atoms with Gasteiger partial charge in [-0.15, -0.1) is 0 Å². The van der Waals surface area contributed by atoms with Crippen LogP contribution < -0.4 is 0 Å². The molecule has 1 rings (SSSR count). The van der Waals surface area contributed by atoms with Gasteiger partial charge in [-0.05, 0) is 6.42 Å². The van der Waals surface area contributed by atoms with Gasteiger partial charge < -0.3 is 4.90 Å². The molecule has 0 radical (unpaired) electrons. The zero-order valence-corrected chi connectivity index (χ0v) is 9.60. The lowest BCUT2D eigenvalue weighted by Crippen LogP contribution is -2.34. The standard InChI is InChI=1S/C7H12BrNO3S/c8-6-7(10)9-2-1-4-13(11,12)5-3-9/h1-6H2. The summed E-state index contributed by atoms with van der Waals surface area (Å²) in [4.78, 5) is 12.8. The van der Waals surface area contributed by atoms with Gasteiger partial charge in [0.05, 0.1) is 16.8 Å². The topological polar surface area (TPSA) is 54.5 Å². The fourth-order valence-corrected chi connectivity index (χ4v) is 2.90. The Hall–Kier alpha value is -0.100. The summed E-state index contributed by atoms with van der Waals surface area (Å²) in [7, 11) is -2.90. The van der Waals surface area contributed by atoms with Gasteiger partial charge in [0.2, 0.25) is 5.91 Å². The third-order valence-electron chi connectivity index (χ3n) is 2.02. The van der Waals surface area contributed by atoms with Crippen molar-refractivity contribution in [2.24, 2.45) is 0 Å². The molecule has 0 unspecified atom stereocenters. The zero-order chi connectivity index (χ0) is 9.90. The number of amides is 1. The number of alkyl halides is 1. The predicted molar refractivity (Wildman–Crippen MR) is 53.6 cm³/mol. The van der Waals surface area contributed by atoms with Crippen molar-refractivity contribution in [3.05, 3.63) is 0 Å². The van der Waals surface area contributed by atoms with Gasteiger partial charge in [-0.3, -0.25) is 4.79 Å². The maximum absolute atomic E-state index is 11.2. The first-order valence-electron chi connectivity index (χ1n) is 4.09. The molecule has 1 aliphatic heterocycles. The van der Waals surface area contributed by atoms with Crippen LogP contribution in [-0.4, -0.2) is 49.2 Å². The first-order chi connectivity index (χ1) is 6.05. The van der Waals surface area contributed by atoms with Crippen LogP contribution in [0.25, 0.3) is 0 Å². The Bertz CT molecular complexity index is 288. The number of carbonyl (C=O) groups excluding carboxylic acids is 1. The number of nitrogens with zero attached hydrogens (tertiary/aromatic N) is 1. The summed E-state index contributed by atoms with van der Waals surface area (Å²) >= 11 is 3.06. The van der Waals surface area contributed by atoms with Crippen molar-refractivity contribution in [3.8, 4) is 0 Å². The Kier molecular flexibility index (Phi) is 3.73. The third kappa shape index (κ3) is 3.27. The Morgan fingerprint density at radius 2 is 2.00 bits per heavy atom. The minimum Gasteiger partial charge on any atom is -0.341 e. The SMILES string of the molecule is O=C(CBr)N1CCCS(=O)(=O)CC1. The second-order valence-corrected chi connectivity index (χ2v) is 5.88. The summed E-state index contributed by atoms with van der Waals surface area (Å²) in [5.74, 6) is 0.280. The highest BCUT2D eigenvalue weighted by Gasteiger charge is 2.21. The minimum atomic E-state index is -2.90. The molecule has 0 aromatic heterocycles. The highest BCUT2D eigenvalue weighted by atomic mass is 79.9. The molecular weight excluding hydrogens is 258 g/mol. The van der Waals surface area contributed by atoms with E-state index in [1.807, 2.05) is 0 Å². The van der Waals surface area contributed by atoms with E-state index in [0.29, 0.717) is 19.5 Å². The van der Waals surface area contributed by atoms with Gasteiger partial charge in [0, 0.05) is 13.1 Å². The minimum absolute atomic E-state index is 0.0305. The normalized spacial score (nSPS) is 22.4. The van der Waals surface area contributed by atoms with E-state index in [1.165, 1.54) is 0 Å². The summed E-state index contributed by atoms with van der Waals surface area (Å²) in [5, 5.41) is 0.271. The molecule has 0 N–H and O–H groups in total. The van der Waals surface area contributed by atoms with E-state index in [0.717, 1.165) is 0 Å². The molecule has 0 atom stereocenters. The molecule has 1 amide bonds. The van der Waals surface area contributed by atoms with Gasteiger partial charge in [-0.1, -0.05) is 15.9 Å². The number of halogens is 1. The molecule has 0 aliphatic carbocycles. The van der Waals surface area contributed by atoms with Crippen LogP contribution >= 0.6 is 15.9 Å². The fourth-order valence-electron chi connectivity index (χ4n) is 1.27. The van der Waals surface area contributed by atoms with Gasteiger partial charge in [0.25, 0.3) is 0 Å². The molecule has 1 aliphatic rings. The molecule has 13 heavy (non-hydrogen) atoms. The molecule has 0 saturated carbocycles. The number of carbonyl (C=O) groups is 1. The van der Waals surface area contributed by atoms with Gasteiger partial charge in [-0.25, -0.2) is 8.42 Å². The molecule has 0 aromatic rings. The molecule has 1 heterocycles. The average molecular weight is 270 g/mol. The molecule has 4 nitrogen and oxygen atoms in total. The van der Waals surface area contributed by atoms with E-state index in [-0.39, 0.29) is 22.7 Å². The van der Waals surface area contributed by atoms with Gasteiger partial charge >= 0.3 is 0 Å². The van der Waals surface area contributed by atoms with Crippen molar-refractivity contribution in [1.82, 2.24) is 4.90 Å². The second kappa shape index (κ2) is 4.41. The van der Waals surface area contributed by atoms with E-state index in [4.69, 9.17) is 0 Å². The molecule has 6 heteroatoms. The van der Waals surface area contributed by atoms with Crippen LogP contribution in [0.2, 0.25) is 0 Å². The zero-order valence-electron chi connectivity index (χ0n) is 7.20. The lowest BCUT2D eigenvalue weighted by molar-refractivity contribution is -0.127. The van der Waals surface area contributed by atoms with Crippen molar-refractivity contribution in [3.63, 3.8) is 0 Å². The van der Waals surface area contributed by atoms with E-state index in [9.17, 15) is 13.2 Å². The van der Waals surface area contributed by atoms with E-state index < -0.39 is 9.84 Å². The van der Waals surface area contributed by atoms with Crippen LogP contribution in [0.3, 0.4) is 0 Å². The van der Waals surface area contributed by atoms with Crippen molar-refractivity contribution in [1.29, 1.82) is 0 Å². The number of hydrogen-bond donors (Lipinski definition) is 0. The average Bonchev–Trinajstić information content (AvgIpc) is 2.25. The number of sulfone groups is 1. The highest BCUT2D eigenvalue weighted by Crippen LogP contribution is 2.05. The van der Waals surface area contributed by atoms with E-state index in [1.54, 1.807) is 4.90 Å².